The van der Waals surface area contributed by atoms with Crippen LogP contribution < -0.4 is 4.72 Å². The summed E-state index contributed by atoms with van der Waals surface area (Å²) in [7, 11) is -4.11. The molecule has 0 amide bonds. The molecule has 112 valence electrons. The highest BCUT2D eigenvalue weighted by Gasteiger charge is 2.24. The molecule has 0 atom stereocenters. The second-order valence-corrected chi connectivity index (χ2v) is 7.13. The van der Waals surface area contributed by atoms with Gasteiger partial charge in [-0.1, -0.05) is 39.1 Å². The van der Waals surface area contributed by atoms with Crippen molar-refractivity contribution in [2.75, 3.05) is 4.72 Å². The lowest BCUT2D eigenvalue weighted by Crippen LogP contribution is -2.14. The third-order valence-electron chi connectivity index (χ3n) is 2.28. The first kappa shape index (κ1) is 16.1. The van der Waals surface area contributed by atoms with Gasteiger partial charge in [0.15, 0.2) is 5.82 Å². The first-order chi connectivity index (χ1) is 9.70. The molecule has 0 aliphatic rings. The molecule has 3 N–H and O–H groups in total. The van der Waals surface area contributed by atoms with Crippen molar-refractivity contribution in [3.63, 3.8) is 0 Å². The molecule has 0 saturated heterocycles. The van der Waals surface area contributed by atoms with Gasteiger partial charge in [0, 0.05) is 10.5 Å². The summed E-state index contributed by atoms with van der Waals surface area (Å²) >= 11 is 14.9. The van der Waals surface area contributed by atoms with Crippen molar-refractivity contribution < 1.29 is 18.3 Å². The summed E-state index contributed by atoms with van der Waals surface area (Å²) in [6.45, 7) is 0. The van der Waals surface area contributed by atoms with E-state index in [1.54, 1.807) is 0 Å². The van der Waals surface area contributed by atoms with Crippen LogP contribution in [0.2, 0.25) is 10.0 Å². The van der Waals surface area contributed by atoms with E-state index in [0.717, 1.165) is 6.07 Å². The number of aromatic carboxylic acids is 1. The van der Waals surface area contributed by atoms with Crippen LogP contribution in [0.4, 0.5) is 5.82 Å². The molecule has 0 bridgehead atoms. The lowest BCUT2D eigenvalue weighted by molar-refractivity contribution is 0.0690. The molecule has 0 spiro atoms. The number of H-pyrrole nitrogens is 1. The molecule has 1 aromatic heterocycles. The highest BCUT2D eigenvalue weighted by Crippen LogP contribution is 2.33. The second kappa shape index (κ2) is 5.84. The Hall–Kier alpha value is -1.29. The average molecular weight is 415 g/mol. The molecule has 11 heteroatoms. The van der Waals surface area contributed by atoms with Crippen LogP contribution in [0.1, 0.15) is 10.5 Å². The van der Waals surface area contributed by atoms with Gasteiger partial charge in [0.05, 0.1) is 10.0 Å². The average Bonchev–Trinajstić information content (AvgIpc) is 2.74. The second-order valence-electron chi connectivity index (χ2n) is 3.78. The number of carboxylic acids is 1. The normalized spacial score (nSPS) is 11.4. The van der Waals surface area contributed by atoms with Crippen LogP contribution in [0.3, 0.4) is 0 Å². The third kappa shape index (κ3) is 3.49. The van der Waals surface area contributed by atoms with Crippen LogP contribution >= 0.6 is 39.1 Å². The predicted molar refractivity (Wildman–Crippen MR) is 80.5 cm³/mol. The molecule has 7 nitrogen and oxygen atoms in total. The van der Waals surface area contributed by atoms with E-state index in [1.165, 1.54) is 12.1 Å². The van der Waals surface area contributed by atoms with Crippen LogP contribution in [0, 0.1) is 0 Å². The van der Waals surface area contributed by atoms with E-state index in [9.17, 15) is 13.2 Å². The highest BCUT2D eigenvalue weighted by atomic mass is 79.9. The number of anilines is 1. The maximum Gasteiger partial charge on any atom is 0.353 e. The Morgan fingerprint density at radius 3 is 2.33 bits per heavy atom. The van der Waals surface area contributed by atoms with Crippen LogP contribution in [0.25, 0.3) is 0 Å². The molecule has 1 aromatic carbocycles. The molecule has 0 aliphatic carbocycles. The molecule has 0 aliphatic heterocycles. The quantitative estimate of drug-likeness (QED) is 0.711. The van der Waals surface area contributed by atoms with E-state index in [0.29, 0.717) is 4.47 Å². The maximum atomic E-state index is 12.2. The fraction of sp³-hybridized carbons (Fsp3) is 0. The first-order valence-electron chi connectivity index (χ1n) is 5.17. The zero-order valence-electron chi connectivity index (χ0n) is 9.89. The Morgan fingerprint density at radius 2 is 1.86 bits per heavy atom. The Kier molecular flexibility index (Phi) is 4.47. The fourth-order valence-corrected chi connectivity index (χ4v) is 4.39. The number of carboxylic acid groups (broad SMARTS) is 1. The number of nitrogens with one attached hydrogen (secondary N) is 2. The van der Waals surface area contributed by atoms with Crippen molar-refractivity contribution in [1.82, 2.24) is 10.2 Å². The Balaban J connectivity index is 2.41. The summed E-state index contributed by atoms with van der Waals surface area (Å²) in [4.78, 5) is 10.4. The SMILES string of the molecule is O=C(O)c1cc(NS(=O)(=O)c2c(Cl)cc(Br)cc2Cl)n[nH]1. The number of aromatic amines is 1. The van der Waals surface area contributed by atoms with Crippen LogP contribution in [0.15, 0.2) is 27.6 Å². The number of benzene rings is 1. The van der Waals surface area contributed by atoms with Crippen LogP contribution in [-0.2, 0) is 10.0 Å². The predicted octanol–water partition coefficient (Wildman–Crippen LogP) is 2.98. The van der Waals surface area contributed by atoms with Gasteiger partial charge in [-0.2, -0.15) is 5.10 Å². The van der Waals surface area contributed by atoms with E-state index in [2.05, 4.69) is 30.8 Å². The van der Waals surface area contributed by atoms with E-state index in [4.69, 9.17) is 28.3 Å². The van der Waals surface area contributed by atoms with E-state index in [-0.39, 0.29) is 26.5 Å². The van der Waals surface area contributed by atoms with Gasteiger partial charge in [0.2, 0.25) is 0 Å². The maximum absolute atomic E-state index is 12.2. The topological polar surface area (TPSA) is 112 Å². The summed E-state index contributed by atoms with van der Waals surface area (Å²) in [5.74, 6) is -1.46. The zero-order valence-corrected chi connectivity index (χ0v) is 13.8. The summed E-state index contributed by atoms with van der Waals surface area (Å²) in [6, 6.07) is 3.77. The van der Waals surface area contributed by atoms with Crippen molar-refractivity contribution in [2.24, 2.45) is 0 Å². The smallest absolute Gasteiger partial charge is 0.353 e. The molecule has 0 radical (unpaired) electrons. The van der Waals surface area contributed by atoms with Gasteiger partial charge in [0.1, 0.15) is 10.6 Å². The first-order valence-corrected chi connectivity index (χ1v) is 8.20. The summed E-state index contributed by atoms with van der Waals surface area (Å²) in [5, 5.41) is 14.3. The minimum Gasteiger partial charge on any atom is -0.477 e. The van der Waals surface area contributed by atoms with E-state index < -0.39 is 16.0 Å². The number of carbonyl (C=O) groups is 1. The third-order valence-corrected chi connectivity index (χ3v) is 5.01. The van der Waals surface area contributed by atoms with Gasteiger partial charge in [0.25, 0.3) is 10.0 Å². The monoisotopic (exact) mass is 413 g/mol. The van der Waals surface area contributed by atoms with Crippen molar-refractivity contribution >= 4 is 60.9 Å². The molecule has 2 rings (SSSR count). The van der Waals surface area contributed by atoms with Gasteiger partial charge in [-0.15, -0.1) is 0 Å². The lowest BCUT2D eigenvalue weighted by atomic mass is 10.4. The number of hydrogen-bond donors (Lipinski definition) is 3. The van der Waals surface area contributed by atoms with Gasteiger partial charge in [-0.3, -0.25) is 9.82 Å². The molecular formula is C10H6BrCl2N3O4S. The van der Waals surface area contributed by atoms with E-state index >= 15 is 0 Å². The molecule has 21 heavy (non-hydrogen) atoms. The van der Waals surface area contributed by atoms with Crippen molar-refractivity contribution in [2.45, 2.75) is 4.90 Å². The number of rotatable bonds is 4. The molecule has 2 aromatic rings. The van der Waals surface area contributed by atoms with Gasteiger partial charge < -0.3 is 5.11 Å². The fourth-order valence-electron chi connectivity index (χ4n) is 1.46. The number of sulfonamides is 1. The number of hydrogen-bond acceptors (Lipinski definition) is 4. The minimum atomic E-state index is -4.11. The number of aromatic nitrogens is 2. The number of nitrogens with zero attached hydrogens (tertiary/aromatic N) is 1. The highest BCUT2D eigenvalue weighted by molar-refractivity contribution is 9.10. The Morgan fingerprint density at radius 1 is 1.29 bits per heavy atom. The molecule has 0 fully saturated rings. The number of halogens is 3. The van der Waals surface area contributed by atoms with Gasteiger partial charge in [-0.25, -0.2) is 13.2 Å². The van der Waals surface area contributed by atoms with Gasteiger partial charge >= 0.3 is 5.97 Å². The van der Waals surface area contributed by atoms with Crippen LogP contribution in [-0.4, -0.2) is 29.7 Å². The van der Waals surface area contributed by atoms with Gasteiger partial charge in [-0.05, 0) is 12.1 Å². The largest absolute Gasteiger partial charge is 0.477 e. The Bertz CT molecular complexity index is 798. The minimum absolute atomic E-state index is 0.0872. The molecular weight excluding hydrogens is 409 g/mol. The van der Waals surface area contributed by atoms with Crippen molar-refractivity contribution in [3.8, 4) is 0 Å². The zero-order chi connectivity index (χ0) is 15.8. The molecule has 1 heterocycles. The Labute approximate surface area is 137 Å². The molecule has 0 saturated carbocycles. The summed E-state index contributed by atoms with van der Waals surface area (Å²) in [5.41, 5.74) is -0.263. The van der Waals surface area contributed by atoms with Crippen molar-refractivity contribution in [1.29, 1.82) is 0 Å². The van der Waals surface area contributed by atoms with E-state index in [1.807, 2.05) is 0 Å². The lowest BCUT2D eigenvalue weighted by Gasteiger charge is -2.09. The summed E-state index contributed by atoms with van der Waals surface area (Å²) < 4.78 is 27.1. The standard InChI is InChI=1S/C10H6BrCl2N3O4S/c11-4-1-5(12)9(6(13)2-4)21(19,20)16-8-3-7(10(17)18)14-15-8/h1-3H,(H,17,18)(H2,14,15,16). The van der Waals surface area contributed by atoms with Crippen LogP contribution in [0.5, 0.6) is 0 Å². The van der Waals surface area contributed by atoms with Crippen molar-refractivity contribution in [3.05, 3.63) is 38.4 Å². The molecule has 0 unspecified atom stereocenters. The summed E-state index contributed by atoms with van der Waals surface area (Å²) in [6.07, 6.45) is 0.